The van der Waals surface area contributed by atoms with E-state index < -0.39 is 5.91 Å². The predicted octanol–water partition coefficient (Wildman–Crippen LogP) is 5.72. The molecule has 3 aromatic rings. The van der Waals surface area contributed by atoms with Gasteiger partial charge in [-0.15, -0.1) is 0 Å². The van der Waals surface area contributed by atoms with E-state index >= 15 is 0 Å². The van der Waals surface area contributed by atoms with Gasteiger partial charge in [0.15, 0.2) is 5.84 Å². The first-order valence-corrected chi connectivity index (χ1v) is 12.5. The van der Waals surface area contributed by atoms with Crippen LogP contribution in [0.3, 0.4) is 0 Å². The Bertz CT molecular complexity index is 1510. The quantitative estimate of drug-likeness (QED) is 0.457. The van der Waals surface area contributed by atoms with Gasteiger partial charge in [0.2, 0.25) is 5.17 Å². The minimum atomic E-state index is -0.439. The number of aromatic nitrogens is 1. The van der Waals surface area contributed by atoms with Crippen LogP contribution >= 0.6 is 11.8 Å². The van der Waals surface area contributed by atoms with Crippen molar-refractivity contribution in [3.63, 3.8) is 0 Å². The molecule has 3 heterocycles. The van der Waals surface area contributed by atoms with Crippen molar-refractivity contribution < 1.29 is 9.53 Å². The Balaban J connectivity index is 1.40. The monoisotopic (exact) mass is 497 g/mol. The fraction of sp³-hybridized carbons (Fsp3) is 0.214. The van der Waals surface area contributed by atoms with Gasteiger partial charge in [-0.3, -0.25) is 10.2 Å². The third-order valence-electron chi connectivity index (χ3n) is 6.37. The minimum absolute atomic E-state index is 0.0130. The zero-order valence-electron chi connectivity index (χ0n) is 20.9. The molecule has 0 aliphatic carbocycles. The van der Waals surface area contributed by atoms with Crippen LogP contribution in [-0.2, 0) is 4.79 Å². The van der Waals surface area contributed by atoms with Crippen LogP contribution in [0.1, 0.15) is 33.6 Å². The third-order valence-corrected chi connectivity index (χ3v) is 7.25. The van der Waals surface area contributed by atoms with Crippen molar-refractivity contribution in [3.8, 4) is 11.4 Å². The van der Waals surface area contributed by atoms with Crippen LogP contribution in [0.25, 0.3) is 11.8 Å². The first-order chi connectivity index (χ1) is 17.2. The molecule has 0 saturated carbocycles. The molecule has 1 aromatic heterocycles. The van der Waals surface area contributed by atoms with Crippen LogP contribution in [0.2, 0.25) is 0 Å². The van der Waals surface area contributed by atoms with Gasteiger partial charge in [0, 0.05) is 17.1 Å². The van der Waals surface area contributed by atoms with Crippen molar-refractivity contribution >= 4 is 39.8 Å². The molecular weight excluding hydrogens is 470 g/mol. The van der Waals surface area contributed by atoms with E-state index in [1.807, 2.05) is 51.1 Å². The number of nitrogens with one attached hydrogen (secondary N) is 1. The minimum Gasteiger partial charge on any atom is -0.487 e. The third kappa shape index (κ3) is 4.40. The van der Waals surface area contributed by atoms with Crippen LogP contribution in [0.5, 0.6) is 5.75 Å². The van der Waals surface area contributed by atoms with Crippen LogP contribution in [0, 0.1) is 40.0 Å². The van der Waals surface area contributed by atoms with E-state index in [1.165, 1.54) is 27.9 Å². The lowest BCUT2D eigenvalue weighted by atomic mass is 10.1. The SMILES string of the molecule is Cc1cccc(OCC2=NN3C(=N)/C(=C/c4cc(C)n(-c5ccc(C)c(C)c5)c4C)C(=O)N=C3S2)c1. The molecule has 0 fully saturated rings. The summed E-state index contributed by atoms with van der Waals surface area (Å²) in [5.74, 6) is 0.320. The summed E-state index contributed by atoms with van der Waals surface area (Å²) < 4.78 is 8.01. The molecule has 0 saturated heterocycles. The molecule has 1 N–H and O–H groups in total. The Hall–Kier alpha value is -3.91. The number of hydrazone groups is 1. The number of rotatable bonds is 5. The molecule has 5 rings (SSSR count). The van der Waals surface area contributed by atoms with E-state index in [-0.39, 0.29) is 18.0 Å². The van der Waals surface area contributed by atoms with Crippen LogP contribution < -0.4 is 4.74 Å². The average Bonchev–Trinajstić information content (AvgIpc) is 3.37. The number of hydrogen-bond donors (Lipinski definition) is 1. The highest BCUT2D eigenvalue weighted by molar-refractivity contribution is 8.27. The van der Waals surface area contributed by atoms with Gasteiger partial charge >= 0.3 is 0 Å². The van der Waals surface area contributed by atoms with Gasteiger partial charge in [0.25, 0.3) is 5.91 Å². The summed E-state index contributed by atoms with van der Waals surface area (Å²) in [4.78, 5) is 17.1. The number of fused-ring (bicyclic) bond motifs is 1. The number of aryl methyl sites for hydroxylation is 4. The Morgan fingerprint density at radius 1 is 1.03 bits per heavy atom. The fourth-order valence-corrected chi connectivity index (χ4v) is 5.09. The van der Waals surface area contributed by atoms with E-state index in [1.54, 1.807) is 6.08 Å². The number of carbonyl (C=O) groups excluding carboxylic acids is 1. The van der Waals surface area contributed by atoms with Crippen molar-refractivity contribution in [2.24, 2.45) is 10.1 Å². The van der Waals surface area contributed by atoms with E-state index in [9.17, 15) is 4.79 Å². The number of amides is 1. The molecule has 8 heteroatoms. The summed E-state index contributed by atoms with van der Waals surface area (Å²) in [7, 11) is 0. The number of amidine groups is 2. The van der Waals surface area contributed by atoms with E-state index in [0.717, 1.165) is 34.0 Å². The lowest BCUT2D eigenvalue weighted by molar-refractivity contribution is -0.114. The predicted molar refractivity (Wildman–Crippen MR) is 146 cm³/mol. The first-order valence-electron chi connectivity index (χ1n) is 11.7. The molecule has 0 unspecified atom stereocenters. The second kappa shape index (κ2) is 9.28. The Morgan fingerprint density at radius 2 is 1.83 bits per heavy atom. The highest BCUT2D eigenvalue weighted by atomic mass is 32.2. The molecule has 2 aliphatic rings. The standard InChI is InChI=1S/C28H27N5O2S/c1-16-7-6-8-23(11-16)35-15-25-31-33-26(29)24(27(34)30-28(33)36-25)14-21-13-19(4)32(20(21)5)22-10-9-17(2)18(3)12-22/h6-14,29H,15H2,1-5H3/b24-14-,29-26?. The molecule has 0 spiro atoms. The summed E-state index contributed by atoms with van der Waals surface area (Å²) >= 11 is 1.25. The van der Waals surface area contributed by atoms with Crippen molar-refractivity contribution in [1.82, 2.24) is 9.58 Å². The van der Waals surface area contributed by atoms with Gasteiger partial charge in [0.05, 0.1) is 5.57 Å². The molecule has 1 amide bonds. The summed E-state index contributed by atoms with van der Waals surface area (Å²) in [6.07, 6.45) is 1.74. The normalized spacial score (nSPS) is 16.4. The Labute approximate surface area is 214 Å². The second-order valence-electron chi connectivity index (χ2n) is 9.05. The van der Waals surface area contributed by atoms with Gasteiger partial charge in [-0.1, -0.05) is 18.2 Å². The topological polar surface area (TPSA) is 83.0 Å². The average molecular weight is 498 g/mol. The number of benzene rings is 2. The number of ether oxygens (including phenoxy) is 1. The number of carbonyl (C=O) groups is 1. The zero-order valence-corrected chi connectivity index (χ0v) is 21.7. The first kappa shape index (κ1) is 23.8. The van der Waals surface area contributed by atoms with Crippen LogP contribution in [-0.4, -0.2) is 38.1 Å². The molecule has 0 bridgehead atoms. The fourth-order valence-electron chi connectivity index (χ4n) is 4.29. The van der Waals surface area contributed by atoms with Crippen molar-refractivity contribution in [1.29, 1.82) is 5.41 Å². The van der Waals surface area contributed by atoms with E-state index in [2.05, 4.69) is 46.7 Å². The molecule has 36 heavy (non-hydrogen) atoms. The molecular formula is C28H27N5O2S. The lowest BCUT2D eigenvalue weighted by Crippen LogP contribution is -2.35. The van der Waals surface area contributed by atoms with Crippen molar-refractivity contribution in [2.75, 3.05) is 6.61 Å². The van der Waals surface area contributed by atoms with E-state index in [4.69, 9.17) is 10.1 Å². The maximum absolute atomic E-state index is 12.9. The summed E-state index contributed by atoms with van der Waals surface area (Å²) in [5.41, 5.74) is 7.76. The van der Waals surface area contributed by atoms with Crippen molar-refractivity contribution in [2.45, 2.75) is 34.6 Å². The molecule has 0 radical (unpaired) electrons. The van der Waals surface area contributed by atoms with Gasteiger partial charge in [0.1, 0.15) is 17.4 Å². The van der Waals surface area contributed by atoms with E-state index in [0.29, 0.717) is 10.2 Å². The van der Waals surface area contributed by atoms with Gasteiger partial charge in [-0.25, -0.2) is 0 Å². The molecule has 2 aliphatic heterocycles. The maximum atomic E-state index is 12.9. The van der Waals surface area contributed by atoms with Crippen LogP contribution in [0.4, 0.5) is 0 Å². The molecule has 0 atom stereocenters. The number of thioether (sulfide) groups is 1. The van der Waals surface area contributed by atoms with Gasteiger partial charge in [-0.2, -0.15) is 15.1 Å². The molecule has 182 valence electrons. The number of aliphatic imine (C=N–C) groups is 1. The van der Waals surface area contributed by atoms with Gasteiger partial charge < -0.3 is 9.30 Å². The summed E-state index contributed by atoms with van der Waals surface area (Å²) in [6, 6.07) is 16.2. The smallest absolute Gasteiger partial charge is 0.283 e. The van der Waals surface area contributed by atoms with Crippen molar-refractivity contribution in [3.05, 3.63) is 87.7 Å². The molecule has 7 nitrogen and oxygen atoms in total. The Morgan fingerprint density at radius 3 is 2.58 bits per heavy atom. The Kier molecular flexibility index (Phi) is 6.14. The maximum Gasteiger partial charge on any atom is 0.283 e. The summed E-state index contributed by atoms with van der Waals surface area (Å²) in [6.45, 7) is 10.5. The lowest BCUT2D eigenvalue weighted by Gasteiger charge is -2.20. The highest BCUT2D eigenvalue weighted by Gasteiger charge is 2.36. The summed E-state index contributed by atoms with van der Waals surface area (Å²) in [5, 5.41) is 15.6. The second-order valence-corrected chi connectivity index (χ2v) is 10.1. The van der Waals surface area contributed by atoms with Crippen LogP contribution in [0.15, 0.2) is 64.2 Å². The van der Waals surface area contributed by atoms with Gasteiger partial charge in [-0.05, 0) is 105 Å². The molecule has 2 aromatic carbocycles. The number of hydrogen-bond acceptors (Lipinski definition) is 5. The zero-order chi connectivity index (χ0) is 25.6. The highest BCUT2D eigenvalue weighted by Crippen LogP contribution is 2.30. The number of nitrogens with zero attached hydrogens (tertiary/aromatic N) is 4. The largest absolute Gasteiger partial charge is 0.487 e.